The van der Waals surface area contributed by atoms with E-state index in [1.807, 2.05) is 12.1 Å². The standard InChI is InChI=1S/C21H22N6O3/c28-19-18(22-5-6-23-19)21(29)27-9-7-26(8-10-27)15-3-4-17-16(11-15)20(25-13-24-17)30-12-14-1-2-14/h3-6,11,13-14H,1-2,7-10,12H2,(H,23,28). The van der Waals surface area contributed by atoms with Gasteiger partial charge in [0.25, 0.3) is 11.5 Å². The minimum absolute atomic E-state index is 0.0637. The Labute approximate surface area is 172 Å². The fourth-order valence-corrected chi connectivity index (χ4v) is 3.64. The normalized spacial score (nSPS) is 16.7. The van der Waals surface area contributed by atoms with Crippen molar-refractivity contribution in [2.45, 2.75) is 12.8 Å². The van der Waals surface area contributed by atoms with Crippen LogP contribution in [0, 0.1) is 5.92 Å². The minimum atomic E-state index is -0.460. The molecule has 0 spiro atoms. The van der Waals surface area contributed by atoms with Gasteiger partial charge in [-0.1, -0.05) is 0 Å². The van der Waals surface area contributed by atoms with Crippen LogP contribution in [0.15, 0.2) is 41.7 Å². The number of hydrogen-bond acceptors (Lipinski definition) is 7. The van der Waals surface area contributed by atoms with E-state index in [4.69, 9.17) is 4.74 Å². The van der Waals surface area contributed by atoms with E-state index in [2.05, 4.69) is 30.9 Å². The monoisotopic (exact) mass is 406 g/mol. The van der Waals surface area contributed by atoms with Gasteiger partial charge >= 0.3 is 0 Å². The summed E-state index contributed by atoms with van der Waals surface area (Å²) in [4.78, 5) is 43.4. The van der Waals surface area contributed by atoms with E-state index in [1.165, 1.54) is 31.6 Å². The number of piperazine rings is 1. The van der Waals surface area contributed by atoms with Crippen molar-refractivity contribution in [1.29, 1.82) is 0 Å². The van der Waals surface area contributed by atoms with Gasteiger partial charge in [0.1, 0.15) is 6.33 Å². The second-order valence-corrected chi connectivity index (χ2v) is 7.68. The molecule has 3 heterocycles. The number of fused-ring (bicyclic) bond motifs is 1. The van der Waals surface area contributed by atoms with Crippen LogP contribution in [-0.2, 0) is 0 Å². The van der Waals surface area contributed by atoms with E-state index in [-0.39, 0.29) is 11.6 Å². The van der Waals surface area contributed by atoms with Crippen molar-refractivity contribution in [3.05, 3.63) is 53.0 Å². The van der Waals surface area contributed by atoms with Crippen molar-refractivity contribution in [3.63, 3.8) is 0 Å². The lowest BCUT2D eigenvalue weighted by atomic mass is 10.2. The number of carbonyl (C=O) groups is 1. The van der Waals surface area contributed by atoms with Crippen LogP contribution in [0.1, 0.15) is 23.3 Å². The largest absolute Gasteiger partial charge is 0.477 e. The van der Waals surface area contributed by atoms with E-state index in [1.54, 1.807) is 4.90 Å². The maximum atomic E-state index is 12.6. The van der Waals surface area contributed by atoms with E-state index in [9.17, 15) is 9.59 Å². The Morgan fingerprint density at radius 2 is 1.97 bits per heavy atom. The molecule has 1 aliphatic heterocycles. The fraction of sp³-hybridized carbons (Fsp3) is 0.381. The molecule has 1 saturated heterocycles. The number of rotatable bonds is 5. The average Bonchev–Trinajstić information content (AvgIpc) is 3.62. The van der Waals surface area contributed by atoms with Gasteiger partial charge < -0.3 is 19.5 Å². The number of nitrogens with zero attached hydrogens (tertiary/aromatic N) is 5. The zero-order chi connectivity index (χ0) is 20.5. The van der Waals surface area contributed by atoms with E-state index in [0.717, 1.165) is 16.6 Å². The number of anilines is 1. The first-order chi connectivity index (χ1) is 14.7. The summed E-state index contributed by atoms with van der Waals surface area (Å²) in [5.41, 5.74) is 1.36. The van der Waals surface area contributed by atoms with Crippen LogP contribution < -0.4 is 15.2 Å². The second kappa shape index (κ2) is 7.74. The molecule has 0 unspecified atom stereocenters. The number of aromatic nitrogens is 4. The number of amides is 1. The minimum Gasteiger partial charge on any atom is -0.477 e. The highest BCUT2D eigenvalue weighted by Crippen LogP contribution is 2.32. The van der Waals surface area contributed by atoms with Crippen LogP contribution in [0.4, 0.5) is 5.69 Å². The van der Waals surface area contributed by atoms with E-state index in [0.29, 0.717) is 44.6 Å². The summed E-state index contributed by atoms with van der Waals surface area (Å²) < 4.78 is 5.93. The van der Waals surface area contributed by atoms with Crippen molar-refractivity contribution in [2.75, 3.05) is 37.7 Å². The molecule has 30 heavy (non-hydrogen) atoms. The summed E-state index contributed by atoms with van der Waals surface area (Å²) in [7, 11) is 0. The Bertz CT molecular complexity index is 1130. The molecule has 2 aromatic heterocycles. The average molecular weight is 406 g/mol. The topological polar surface area (TPSA) is 104 Å². The Hall–Kier alpha value is -3.49. The molecule has 3 aromatic rings. The van der Waals surface area contributed by atoms with Crippen LogP contribution in [0.25, 0.3) is 10.9 Å². The second-order valence-electron chi connectivity index (χ2n) is 7.68. The highest BCUT2D eigenvalue weighted by atomic mass is 16.5. The number of benzene rings is 1. The molecule has 1 saturated carbocycles. The molecule has 9 heteroatoms. The first kappa shape index (κ1) is 18.5. The summed E-state index contributed by atoms with van der Waals surface area (Å²) in [6.45, 7) is 3.05. The SMILES string of the molecule is O=C(c1ncc[nH]c1=O)N1CCN(c2ccc3ncnc(OCC4CC4)c3c2)CC1. The zero-order valence-corrected chi connectivity index (χ0v) is 16.5. The summed E-state index contributed by atoms with van der Waals surface area (Å²) in [5.74, 6) is 0.936. The lowest BCUT2D eigenvalue weighted by molar-refractivity contribution is 0.0739. The highest BCUT2D eigenvalue weighted by Gasteiger charge is 2.26. The van der Waals surface area contributed by atoms with Gasteiger partial charge in [-0.2, -0.15) is 0 Å². The number of hydrogen-bond donors (Lipinski definition) is 1. The first-order valence-electron chi connectivity index (χ1n) is 10.1. The Kier molecular flexibility index (Phi) is 4.78. The lowest BCUT2D eigenvalue weighted by Gasteiger charge is -2.36. The number of ether oxygens (including phenoxy) is 1. The number of H-pyrrole nitrogens is 1. The Balaban J connectivity index is 1.30. The van der Waals surface area contributed by atoms with Crippen molar-refractivity contribution in [2.24, 2.45) is 5.92 Å². The quantitative estimate of drug-likeness (QED) is 0.684. The maximum Gasteiger partial charge on any atom is 0.279 e. The number of aromatic amines is 1. The molecule has 0 atom stereocenters. The molecule has 154 valence electrons. The van der Waals surface area contributed by atoms with Crippen LogP contribution in [-0.4, -0.2) is 63.5 Å². The van der Waals surface area contributed by atoms with Gasteiger partial charge in [-0.05, 0) is 37.0 Å². The highest BCUT2D eigenvalue weighted by molar-refractivity contribution is 5.92. The van der Waals surface area contributed by atoms with Crippen molar-refractivity contribution >= 4 is 22.5 Å². The van der Waals surface area contributed by atoms with E-state index < -0.39 is 5.56 Å². The molecule has 1 aliphatic carbocycles. The Morgan fingerprint density at radius 3 is 2.73 bits per heavy atom. The molecule has 0 bridgehead atoms. The third kappa shape index (κ3) is 3.70. The van der Waals surface area contributed by atoms with Crippen LogP contribution in [0.5, 0.6) is 5.88 Å². The predicted octanol–water partition coefficient (Wildman–Crippen LogP) is 1.46. The van der Waals surface area contributed by atoms with Gasteiger partial charge in [0.15, 0.2) is 5.69 Å². The van der Waals surface area contributed by atoms with Gasteiger partial charge in [0.05, 0.1) is 17.5 Å². The van der Waals surface area contributed by atoms with E-state index >= 15 is 0 Å². The molecule has 1 N–H and O–H groups in total. The molecule has 2 fully saturated rings. The molecule has 1 amide bonds. The van der Waals surface area contributed by atoms with Gasteiger partial charge in [-0.25, -0.2) is 15.0 Å². The first-order valence-corrected chi connectivity index (χ1v) is 10.1. The van der Waals surface area contributed by atoms with Gasteiger partial charge in [0, 0.05) is 44.3 Å². The third-order valence-corrected chi connectivity index (χ3v) is 5.58. The predicted molar refractivity (Wildman–Crippen MR) is 111 cm³/mol. The molecule has 9 nitrogen and oxygen atoms in total. The molecule has 1 aromatic carbocycles. The summed E-state index contributed by atoms with van der Waals surface area (Å²) in [6, 6.07) is 6.06. The summed E-state index contributed by atoms with van der Waals surface area (Å²) in [5, 5.41) is 0.897. The van der Waals surface area contributed by atoms with Gasteiger partial charge in [-0.15, -0.1) is 0 Å². The van der Waals surface area contributed by atoms with Gasteiger partial charge in [-0.3, -0.25) is 9.59 Å². The molecule has 0 radical (unpaired) electrons. The number of nitrogens with one attached hydrogen (secondary N) is 1. The summed E-state index contributed by atoms with van der Waals surface area (Å²) in [6.07, 6.45) is 6.82. The maximum absolute atomic E-state index is 12.6. The molecule has 2 aliphatic rings. The summed E-state index contributed by atoms with van der Waals surface area (Å²) >= 11 is 0. The van der Waals surface area contributed by atoms with Gasteiger partial charge in [0.2, 0.25) is 5.88 Å². The zero-order valence-electron chi connectivity index (χ0n) is 16.5. The van der Waals surface area contributed by atoms with Crippen LogP contribution in [0.3, 0.4) is 0 Å². The fourth-order valence-electron chi connectivity index (χ4n) is 3.64. The van der Waals surface area contributed by atoms with Crippen molar-refractivity contribution in [3.8, 4) is 5.88 Å². The van der Waals surface area contributed by atoms with Crippen LogP contribution in [0.2, 0.25) is 0 Å². The lowest BCUT2D eigenvalue weighted by Crippen LogP contribution is -2.49. The molecular formula is C21H22N6O3. The molecule has 5 rings (SSSR count). The number of carbonyl (C=O) groups excluding carboxylic acids is 1. The van der Waals surface area contributed by atoms with Crippen molar-refractivity contribution < 1.29 is 9.53 Å². The third-order valence-electron chi connectivity index (χ3n) is 5.58. The van der Waals surface area contributed by atoms with Crippen molar-refractivity contribution in [1.82, 2.24) is 24.8 Å². The smallest absolute Gasteiger partial charge is 0.279 e. The van der Waals surface area contributed by atoms with Crippen LogP contribution >= 0.6 is 0 Å². The Morgan fingerprint density at radius 1 is 1.13 bits per heavy atom. The molecular weight excluding hydrogens is 384 g/mol.